The minimum Gasteiger partial charge on any atom is -0.361 e. The van der Waals surface area contributed by atoms with E-state index in [-0.39, 0.29) is 5.91 Å². The molecule has 1 aromatic heterocycles. The summed E-state index contributed by atoms with van der Waals surface area (Å²) in [7, 11) is 0. The maximum absolute atomic E-state index is 12.2. The molecule has 0 spiro atoms. The topological polar surface area (TPSA) is 48.1 Å². The van der Waals surface area contributed by atoms with E-state index >= 15 is 0 Å². The maximum atomic E-state index is 12.2. The predicted octanol–water partition coefficient (Wildman–Crippen LogP) is 1.84. The van der Waals surface area contributed by atoms with Gasteiger partial charge in [0.1, 0.15) is 0 Å². The lowest BCUT2D eigenvalue weighted by molar-refractivity contribution is -0.131. The molecule has 0 atom stereocenters. The van der Waals surface area contributed by atoms with Crippen molar-refractivity contribution < 1.29 is 4.79 Å². The molecule has 2 aromatic rings. The van der Waals surface area contributed by atoms with Gasteiger partial charge >= 0.3 is 0 Å². The molecule has 4 heteroatoms. The van der Waals surface area contributed by atoms with Crippen LogP contribution in [0, 0.1) is 6.92 Å². The number of amides is 1. The van der Waals surface area contributed by atoms with Crippen LogP contribution in [0.3, 0.4) is 0 Å². The normalized spacial score (nSPS) is 15.8. The molecule has 0 radical (unpaired) electrons. The fourth-order valence-electron chi connectivity index (χ4n) is 2.88. The molecule has 1 saturated heterocycles. The van der Waals surface area contributed by atoms with Crippen LogP contribution in [-0.4, -0.2) is 42.0 Å². The van der Waals surface area contributed by atoms with E-state index in [2.05, 4.69) is 35.4 Å². The van der Waals surface area contributed by atoms with Gasteiger partial charge in [0, 0.05) is 49.7 Å². The van der Waals surface area contributed by atoms with Crippen LogP contribution in [0.25, 0.3) is 10.9 Å². The molecule has 1 aliphatic rings. The molecule has 106 valence electrons. The number of carbonyl (C=O) groups is 1. The lowest BCUT2D eigenvalue weighted by atomic mass is 10.1. The summed E-state index contributed by atoms with van der Waals surface area (Å²) in [5.74, 6) is 0.272. The van der Waals surface area contributed by atoms with Crippen molar-refractivity contribution in [2.75, 3.05) is 26.2 Å². The third-order valence-electron chi connectivity index (χ3n) is 4.09. The van der Waals surface area contributed by atoms with Gasteiger partial charge in [-0.2, -0.15) is 0 Å². The molecule has 20 heavy (non-hydrogen) atoms. The van der Waals surface area contributed by atoms with Crippen molar-refractivity contribution in [1.82, 2.24) is 15.2 Å². The molecule has 0 aliphatic carbocycles. The van der Waals surface area contributed by atoms with Gasteiger partial charge in [-0.3, -0.25) is 4.79 Å². The molecule has 1 fully saturated rings. The van der Waals surface area contributed by atoms with Crippen molar-refractivity contribution in [3.05, 3.63) is 35.5 Å². The first-order chi connectivity index (χ1) is 9.75. The van der Waals surface area contributed by atoms with E-state index in [1.54, 1.807) is 0 Å². The summed E-state index contributed by atoms with van der Waals surface area (Å²) in [4.78, 5) is 17.5. The Bertz CT molecular complexity index is 611. The van der Waals surface area contributed by atoms with E-state index in [1.165, 1.54) is 22.0 Å². The molecule has 0 saturated carbocycles. The molecule has 1 aromatic carbocycles. The van der Waals surface area contributed by atoms with Gasteiger partial charge in [0.15, 0.2) is 0 Å². The number of H-pyrrole nitrogens is 1. The number of nitrogens with one attached hydrogen (secondary N) is 2. The van der Waals surface area contributed by atoms with Crippen molar-refractivity contribution >= 4 is 16.8 Å². The Morgan fingerprint density at radius 1 is 1.30 bits per heavy atom. The van der Waals surface area contributed by atoms with Crippen molar-refractivity contribution in [3.63, 3.8) is 0 Å². The summed E-state index contributed by atoms with van der Waals surface area (Å²) in [6.07, 6.45) is 3.45. The second kappa shape index (κ2) is 5.67. The SMILES string of the molecule is Cc1cccc2c(CCC(=O)N3CCNCC3)c[nH]c12. The van der Waals surface area contributed by atoms with Gasteiger partial charge in [-0.1, -0.05) is 18.2 Å². The smallest absolute Gasteiger partial charge is 0.222 e. The third-order valence-corrected chi connectivity index (χ3v) is 4.09. The molecular weight excluding hydrogens is 250 g/mol. The monoisotopic (exact) mass is 271 g/mol. The number of benzene rings is 1. The Hall–Kier alpha value is -1.81. The van der Waals surface area contributed by atoms with Gasteiger partial charge in [0.2, 0.25) is 5.91 Å². The average Bonchev–Trinajstić information content (AvgIpc) is 2.90. The zero-order valence-corrected chi connectivity index (χ0v) is 11.9. The first kappa shape index (κ1) is 13.2. The number of aryl methyl sites for hydroxylation is 2. The highest BCUT2D eigenvalue weighted by atomic mass is 16.2. The number of nitrogens with zero attached hydrogens (tertiary/aromatic N) is 1. The van der Waals surface area contributed by atoms with Crippen LogP contribution in [0.1, 0.15) is 17.5 Å². The molecule has 1 aliphatic heterocycles. The Kier molecular flexibility index (Phi) is 3.74. The first-order valence-electron chi connectivity index (χ1n) is 7.30. The highest BCUT2D eigenvalue weighted by Gasteiger charge is 2.16. The Balaban J connectivity index is 1.67. The molecule has 4 nitrogen and oxygen atoms in total. The van der Waals surface area contributed by atoms with E-state index in [0.29, 0.717) is 6.42 Å². The van der Waals surface area contributed by atoms with Crippen LogP contribution >= 0.6 is 0 Å². The minimum atomic E-state index is 0.272. The quantitative estimate of drug-likeness (QED) is 0.895. The van der Waals surface area contributed by atoms with Crippen molar-refractivity contribution in [3.8, 4) is 0 Å². The third kappa shape index (κ3) is 2.56. The molecule has 1 amide bonds. The summed E-state index contributed by atoms with van der Waals surface area (Å²) in [5, 5.41) is 4.52. The molecule has 2 N–H and O–H groups in total. The number of aromatic nitrogens is 1. The van der Waals surface area contributed by atoms with Gasteiger partial charge in [0.05, 0.1) is 0 Å². The second-order valence-electron chi connectivity index (χ2n) is 5.44. The summed E-state index contributed by atoms with van der Waals surface area (Å²) in [6, 6.07) is 6.31. The first-order valence-corrected chi connectivity index (χ1v) is 7.30. The Morgan fingerprint density at radius 3 is 2.90 bits per heavy atom. The number of aromatic amines is 1. The van der Waals surface area contributed by atoms with Crippen LogP contribution in [-0.2, 0) is 11.2 Å². The number of fused-ring (bicyclic) bond motifs is 1. The number of hydrogen-bond acceptors (Lipinski definition) is 2. The fraction of sp³-hybridized carbons (Fsp3) is 0.438. The van der Waals surface area contributed by atoms with Crippen LogP contribution < -0.4 is 5.32 Å². The van der Waals surface area contributed by atoms with Gasteiger partial charge < -0.3 is 15.2 Å². The zero-order chi connectivity index (χ0) is 13.9. The number of carbonyl (C=O) groups excluding carboxylic acids is 1. The van der Waals surface area contributed by atoms with Crippen LogP contribution in [0.15, 0.2) is 24.4 Å². The van der Waals surface area contributed by atoms with E-state index < -0.39 is 0 Å². The molecule has 0 unspecified atom stereocenters. The van der Waals surface area contributed by atoms with E-state index in [0.717, 1.165) is 32.6 Å². The zero-order valence-electron chi connectivity index (χ0n) is 11.9. The second-order valence-corrected chi connectivity index (χ2v) is 5.44. The van der Waals surface area contributed by atoms with Crippen molar-refractivity contribution in [2.24, 2.45) is 0 Å². The minimum absolute atomic E-state index is 0.272. The molecular formula is C16H21N3O. The summed E-state index contributed by atoms with van der Waals surface area (Å²) >= 11 is 0. The van der Waals surface area contributed by atoms with E-state index in [4.69, 9.17) is 0 Å². The number of rotatable bonds is 3. The van der Waals surface area contributed by atoms with Crippen LogP contribution in [0.5, 0.6) is 0 Å². The highest BCUT2D eigenvalue weighted by Crippen LogP contribution is 2.22. The van der Waals surface area contributed by atoms with Crippen LogP contribution in [0.4, 0.5) is 0 Å². The predicted molar refractivity (Wildman–Crippen MR) is 80.8 cm³/mol. The summed E-state index contributed by atoms with van der Waals surface area (Å²) in [6.45, 7) is 5.61. The van der Waals surface area contributed by atoms with Gasteiger partial charge in [0.25, 0.3) is 0 Å². The lowest BCUT2D eigenvalue weighted by Gasteiger charge is -2.27. The van der Waals surface area contributed by atoms with Crippen molar-refractivity contribution in [1.29, 1.82) is 0 Å². The van der Waals surface area contributed by atoms with Crippen LogP contribution in [0.2, 0.25) is 0 Å². The number of hydrogen-bond donors (Lipinski definition) is 2. The molecule has 3 rings (SSSR count). The molecule has 0 bridgehead atoms. The number of piperazine rings is 1. The van der Waals surface area contributed by atoms with Gasteiger partial charge in [-0.05, 0) is 24.5 Å². The maximum Gasteiger partial charge on any atom is 0.222 e. The van der Waals surface area contributed by atoms with Crippen molar-refractivity contribution in [2.45, 2.75) is 19.8 Å². The van der Waals surface area contributed by atoms with E-state index in [9.17, 15) is 4.79 Å². The number of para-hydroxylation sites is 1. The Labute approximate surface area is 119 Å². The van der Waals surface area contributed by atoms with Gasteiger partial charge in [-0.25, -0.2) is 0 Å². The highest BCUT2D eigenvalue weighted by molar-refractivity contribution is 5.86. The largest absolute Gasteiger partial charge is 0.361 e. The average molecular weight is 271 g/mol. The summed E-state index contributed by atoms with van der Waals surface area (Å²) in [5.41, 5.74) is 3.69. The fourth-order valence-corrected chi connectivity index (χ4v) is 2.88. The lowest BCUT2D eigenvalue weighted by Crippen LogP contribution is -2.46. The summed E-state index contributed by atoms with van der Waals surface area (Å²) < 4.78 is 0. The molecule has 2 heterocycles. The standard InChI is InChI=1S/C16H21N3O/c1-12-3-2-4-14-13(11-18-16(12)14)5-6-15(20)19-9-7-17-8-10-19/h2-4,11,17-18H,5-10H2,1H3. The Morgan fingerprint density at radius 2 is 2.10 bits per heavy atom. The van der Waals surface area contributed by atoms with E-state index in [1.807, 2.05) is 11.1 Å². The van der Waals surface area contributed by atoms with Gasteiger partial charge in [-0.15, -0.1) is 0 Å².